The number of carbonyl (C=O) groups is 1. The molecule has 2 aliphatic rings. The molecule has 3 aromatic rings. The number of nitrogens with zero attached hydrogens (tertiary/aromatic N) is 2. The fourth-order valence-electron chi connectivity index (χ4n) is 3.45. The molecule has 0 unspecified atom stereocenters. The molecule has 1 aliphatic heterocycles. The van der Waals surface area contributed by atoms with Crippen LogP contribution in [0.25, 0.3) is 10.9 Å². The molecule has 0 radical (unpaired) electrons. The molecule has 1 aliphatic carbocycles. The molecule has 4 nitrogen and oxygen atoms in total. The number of rotatable bonds is 3. The van der Waals surface area contributed by atoms with Crippen LogP contribution < -0.4 is 10.2 Å². The second-order valence-corrected chi connectivity index (χ2v) is 7.83. The summed E-state index contributed by atoms with van der Waals surface area (Å²) in [6.45, 7) is 1.82. The average molecular weight is 349 g/mol. The third kappa shape index (κ3) is 2.78. The van der Waals surface area contributed by atoms with Gasteiger partial charge in [-0.3, -0.25) is 4.79 Å². The summed E-state index contributed by atoms with van der Waals surface area (Å²) in [5, 5.41) is 6.21. The molecule has 1 N–H and O–H groups in total. The predicted octanol–water partition coefficient (Wildman–Crippen LogP) is 3.75. The predicted molar refractivity (Wildman–Crippen MR) is 101 cm³/mol. The summed E-state index contributed by atoms with van der Waals surface area (Å²) in [4.78, 5) is 21.4. The molecule has 5 heteroatoms. The number of nitrogens with one attached hydrogen (secondary N) is 1. The second-order valence-electron chi connectivity index (χ2n) is 6.83. The number of carbonyl (C=O) groups excluding carboxylic acids is 1. The molecule has 3 heterocycles. The van der Waals surface area contributed by atoms with Crippen molar-refractivity contribution in [1.29, 1.82) is 0 Å². The number of benzene rings is 1. The van der Waals surface area contributed by atoms with Crippen molar-refractivity contribution in [3.63, 3.8) is 0 Å². The van der Waals surface area contributed by atoms with E-state index in [0.29, 0.717) is 6.04 Å². The summed E-state index contributed by atoms with van der Waals surface area (Å²) in [5.41, 5.74) is 3.01. The number of anilines is 1. The number of thiophene rings is 1. The minimum atomic E-state index is 0.0237. The van der Waals surface area contributed by atoms with E-state index in [2.05, 4.69) is 21.7 Å². The highest BCUT2D eigenvalue weighted by Crippen LogP contribution is 2.30. The Labute approximate surface area is 150 Å². The largest absolute Gasteiger partial charge is 0.352 e. The van der Waals surface area contributed by atoms with Gasteiger partial charge in [-0.2, -0.15) is 0 Å². The van der Waals surface area contributed by atoms with Gasteiger partial charge >= 0.3 is 0 Å². The van der Waals surface area contributed by atoms with Crippen LogP contribution in [-0.2, 0) is 13.0 Å². The SMILES string of the molecule is O=C(NC1CC1)c1cc(N2CCc3sccc3C2)nc2ccccc12. The fourth-order valence-corrected chi connectivity index (χ4v) is 4.34. The zero-order valence-corrected chi connectivity index (χ0v) is 14.7. The van der Waals surface area contributed by atoms with Crippen molar-refractivity contribution in [3.05, 3.63) is 57.8 Å². The Kier molecular flexibility index (Phi) is 3.48. The summed E-state index contributed by atoms with van der Waals surface area (Å²) in [5.74, 6) is 0.923. The third-order valence-electron chi connectivity index (χ3n) is 4.99. The minimum absolute atomic E-state index is 0.0237. The molecule has 0 spiro atoms. The summed E-state index contributed by atoms with van der Waals surface area (Å²) in [7, 11) is 0. The Hall–Kier alpha value is -2.40. The van der Waals surface area contributed by atoms with Gasteiger partial charge in [-0.05, 0) is 48.4 Å². The van der Waals surface area contributed by atoms with Gasteiger partial charge in [0.2, 0.25) is 0 Å². The quantitative estimate of drug-likeness (QED) is 0.783. The lowest BCUT2D eigenvalue weighted by molar-refractivity contribution is 0.0952. The maximum absolute atomic E-state index is 12.7. The zero-order chi connectivity index (χ0) is 16.8. The Bertz CT molecular complexity index is 960. The molecule has 5 rings (SSSR count). The monoisotopic (exact) mass is 349 g/mol. The van der Waals surface area contributed by atoms with E-state index in [1.54, 1.807) is 0 Å². The number of hydrogen-bond acceptors (Lipinski definition) is 4. The summed E-state index contributed by atoms with van der Waals surface area (Å²) >= 11 is 1.84. The van der Waals surface area contributed by atoms with Gasteiger partial charge < -0.3 is 10.2 Å². The van der Waals surface area contributed by atoms with Gasteiger partial charge in [-0.15, -0.1) is 11.3 Å². The van der Waals surface area contributed by atoms with Gasteiger partial charge in [0, 0.05) is 29.4 Å². The number of para-hydroxylation sites is 1. The van der Waals surface area contributed by atoms with E-state index in [9.17, 15) is 4.79 Å². The number of aromatic nitrogens is 1. The van der Waals surface area contributed by atoms with Crippen LogP contribution in [0, 0.1) is 0 Å². The molecule has 0 saturated heterocycles. The Morgan fingerprint density at radius 3 is 3.00 bits per heavy atom. The summed E-state index contributed by atoms with van der Waals surface area (Å²) in [6, 6.07) is 12.5. The molecule has 1 fully saturated rings. The molecule has 1 amide bonds. The molecule has 1 saturated carbocycles. The first-order valence-corrected chi connectivity index (χ1v) is 9.67. The normalized spacial score (nSPS) is 16.7. The van der Waals surface area contributed by atoms with Gasteiger partial charge in [-0.25, -0.2) is 4.98 Å². The van der Waals surface area contributed by atoms with Crippen LogP contribution in [0.15, 0.2) is 41.8 Å². The van der Waals surface area contributed by atoms with E-state index in [0.717, 1.165) is 54.6 Å². The first-order valence-electron chi connectivity index (χ1n) is 8.79. The lowest BCUT2D eigenvalue weighted by Gasteiger charge is -2.28. The van der Waals surface area contributed by atoms with Gasteiger partial charge in [0.05, 0.1) is 11.1 Å². The Balaban J connectivity index is 1.55. The molecule has 0 bridgehead atoms. The average Bonchev–Trinajstić information content (AvgIpc) is 3.33. The molecule has 2 aromatic heterocycles. The maximum Gasteiger partial charge on any atom is 0.252 e. The zero-order valence-electron chi connectivity index (χ0n) is 13.9. The van der Waals surface area contributed by atoms with Crippen LogP contribution in [0.4, 0.5) is 5.82 Å². The topological polar surface area (TPSA) is 45.2 Å². The molecule has 0 atom stereocenters. The lowest BCUT2D eigenvalue weighted by atomic mass is 10.1. The number of hydrogen-bond donors (Lipinski definition) is 1. The van der Waals surface area contributed by atoms with Crippen LogP contribution in [0.3, 0.4) is 0 Å². The number of amides is 1. The summed E-state index contributed by atoms with van der Waals surface area (Å²) in [6.07, 6.45) is 3.23. The van der Waals surface area contributed by atoms with E-state index in [1.807, 2.05) is 41.7 Å². The first-order chi connectivity index (χ1) is 12.3. The van der Waals surface area contributed by atoms with Crippen molar-refractivity contribution in [1.82, 2.24) is 10.3 Å². The van der Waals surface area contributed by atoms with Crippen LogP contribution in [0.5, 0.6) is 0 Å². The van der Waals surface area contributed by atoms with Gasteiger partial charge in [-0.1, -0.05) is 18.2 Å². The van der Waals surface area contributed by atoms with Crippen LogP contribution >= 0.6 is 11.3 Å². The van der Waals surface area contributed by atoms with E-state index in [4.69, 9.17) is 4.98 Å². The van der Waals surface area contributed by atoms with Crippen molar-refractivity contribution >= 4 is 34.0 Å². The summed E-state index contributed by atoms with van der Waals surface area (Å²) < 4.78 is 0. The van der Waals surface area contributed by atoms with Crippen molar-refractivity contribution in [2.24, 2.45) is 0 Å². The Morgan fingerprint density at radius 2 is 2.12 bits per heavy atom. The van der Waals surface area contributed by atoms with E-state index in [-0.39, 0.29) is 5.91 Å². The van der Waals surface area contributed by atoms with E-state index in [1.165, 1.54) is 10.4 Å². The van der Waals surface area contributed by atoms with Gasteiger partial charge in [0.15, 0.2) is 0 Å². The molecule has 126 valence electrons. The highest BCUT2D eigenvalue weighted by molar-refractivity contribution is 7.10. The van der Waals surface area contributed by atoms with E-state index < -0.39 is 0 Å². The molecular weight excluding hydrogens is 330 g/mol. The number of pyridine rings is 1. The highest BCUT2D eigenvalue weighted by Gasteiger charge is 2.26. The number of fused-ring (bicyclic) bond motifs is 2. The maximum atomic E-state index is 12.7. The Morgan fingerprint density at radius 1 is 1.24 bits per heavy atom. The first kappa shape index (κ1) is 14.9. The van der Waals surface area contributed by atoms with Crippen molar-refractivity contribution in [3.8, 4) is 0 Å². The smallest absolute Gasteiger partial charge is 0.252 e. The molecule has 1 aromatic carbocycles. The third-order valence-corrected chi connectivity index (χ3v) is 6.01. The van der Waals surface area contributed by atoms with Crippen LogP contribution in [0.1, 0.15) is 33.6 Å². The van der Waals surface area contributed by atoms with E-state index >= 15 is 0 Å². The molecular formula is C20H19N3OS. The second kappa shape index (κ2) is 5.85. The molecule has 25 heavy (non-hydrogen) atoms. The lowest BCUT2D eigenvalue weighted by Crippen LogP contribution is -2.31. The highest BCUT2D eigenvalue weighted by atomic mass is 32.1. The van der Waals surface area contributed by atoms with Crippen LogP contribution in [0.2, 0.25) is 0 Å². The van der Waals surface area contributed by atoms with Gasteiger partial charge in [0.25, 0.3) is 5.91 Å². The van der Waals surface area contributed by atoms with Crippen molar-refractivity contribution < 1.29 is 4.79 Å². The fraction of sp³-hybridized carbons (Fsp3) is 0.300. The van der Waals surface area contributed by atoms with Crippen LogP contribution in [-0.4, -0.2) is 23.5 Å². The van der Waals surface area contributed by atoms with Crippen molar-refractivity contribution in [2.45, 2.75) is 31.8 Å². The standard InChI is InChI=1S/C20H19N3OS/c24-20(21-14-5-6-14)16-11-19(22-17-4-2-1-3-15(16)17)23-9-7-18-13(12-23)8-10-25-18/h1-4,8,10-11,14H,5-7,9,12H2,(H,21,24). The minimum Gasteiger partial charge on any atom is -0.352 e. The van der Waals surface area contributed by atoms with Gasteiger partial charge in [0.1, 0.15) is 5.82 Å². The van der Waals surface area contributed by atoms with Crippen molar-refractivity contribution in [2.75, 3.05) is 11.4 Å².